The largest absolute Gasteiger partial charge is 0.587 e. The Morgan fingerprint density at radius 3 is 2.62 bits per heavy atom. The summed E-state index contributed by atoms with van der Waals surface area (Å²) in [6.07, 6.45) is 0. The fourth-order valence-electron chi connectivity index (χ4n) is 3.15. The SMILES string of the molecule is COc1cccc(N2C(=O)N(Cc3c(F)cccc3Cl)c3ccccc3[S+]2[O-])c1. The van der Waals surface area contributed by atoms with Crippen LogP contribution in [0.5, 0.6) is 5.75 Å². The van der Waals surface area contributed by atoms with Crippen molar-refractivity contribution in [1.29, 1.82) is 0 Å². The fourth-order valence-corrected chi connectivity index (χ4v) is 4.66. The van der Waals surface area contributed by atoms with Crippen LogP contribution in [-0.2, 0) is 17.9 Å². The van der Waals surface area contributed by atoms with Gasteiger partial charge < -0.3 is 9.29 Å². The smallest absolute Gasteiger partial charge is 0.371 e. The molecule has 1 aliphatic heterocycles. The normalized spacial score (nSPS) is 16.0. The van der Waals surface area contributed by atoms with E-state index in [-0.39, 0.29) is 17.1 Å². The number of rotatable bonds is 4. The van der Waals surface area contributed by atoms with Crippen molar-refractivity contribution < 1.29 is 18.5 Å². The summed E-state index contributed by atoms with van der Waals surface area (Å²) in [4.78, 5) is 15.2. The molecule has 2 amide bonds. The highest BCUT2D eigenvalue weighted by Crippen LogP contribution is 2.39. The zero-order valence-corrected chi connectivity index (χ0v) is 16.9. The lowest BCUT2D eigenvalue weighted by Crippen LogP contribution is -2.50. The summed E-state index contributed by atoms with van der Waals surface area (Å²) in [6, 6.07) is 17.4. The summed E-state index contributed by atoms with van der Waals surface area (Å²) in [5, 5.41) is 0.218. The van der Waals surface area contributed by atoms with E-state index in [1.54, 1.807) is 54.6 Å². The van der Waals surface area contributed by atoms with E-state index in [1.807, 2.05) is 0 Å². The fraction of sp³-hybridized carbons (Fsp3) is 0.0952. The summed E-state index contributed by atoms with van der Waals surface area (Å²) in [6.45, 7) is -0.0982. The molecule has 0 aromatic heterocycles. The molecule has 0 aliphatic carbocycles. The molecule has 0 bridgehead atoms. The summed E-state index contributed by atoms with van der Waals surface area (Å²) in [7, 11) is 1.51. The van der Waals surface area contributed by atoms with Crippen molar-refractivity contribution >= 4 is 40.4 Å². The van der Waals surface area contributed by atoms with Crippen LogP contribution < -0.4 is 13.9 Å². The maximum absolute atomic E-state index is 14.4. The number of para-hydroxylation sites is 1. The zero-order chi connectivity index (χ0) is 20.5. The van der Waals surface area contributed by atoms with Gasteiger partial charge in [0.2, 0.25) is 4.90 Å². The summed E-state index contributed by atoms with van der Waals surface area (Å²) in [5.41, 5.74) is 1.05. The number of halogens is 2. The van der Waals surface area contributed by atoms with E-state index < -0.39 is 23.2 Å². The maximum Gasteiger partial charge on any atom is 0.371 e. The Bertz CT molecular complexity index is 1060. The first kappa shape index (κ1) is 19.6. The Morgan fingerprint density at radius 2 is 1.86 bits per heavy atom. The Kier molecular flexibility index (Phi) is 5.36. The number of methoxy groups -OCH3 is 1. The Hall–Kier alpha value is -2.74. The number of fused-ring (bicyclic) bond motifs is 1. The molecular formula is C21H16ClFN2O3S. The Balaban J connectivity index is 1.82. The third kappa shape index (κ3) is 3.53. The van der Waals surface area contributed by atoms with E-state index in [0.29, 0.717) is 22.0 Å². The van der Waals surface area contributed by atoms with Crippen LogP contribution in [0, 0.1) is 5.82 Å². The molecule has 8 heteroatoms. The number of amides is 2. The van der Waals surface area contributed by atoms with Crippen LogP contribution in [0.2, 0.25) is 5.02 Å². The molecule has 3 aromatic carbocycles. The molecule has 29 heavy (non-hydrogen) atoms. The first-order valence-electron chi connectivity index (χ1n) is 8.70. The van der Waals surface area contributed by atoms with Gasteiger partial charge in [0.25, 0.3) is 0 Å². The third-order valence-corrected chi connectivity index (χ3v) is 6.35. The number of ether oxygens (including phenoxy) is 1. The van der Waals surface area contributed by atoms with Crippen molar-refractivity contribution in [3.63, 3.8) is 0 Å². The molecule has 0 saturated heterocycles. The molecule has 0 fully saturated rings. The van der Waals surface area contributed by atoms with E-state index in [1.165, 1.54) is 28.4 Å². The molecule has 0 saturated carbocycles. The molecule has 4 rings (SSSR count). The topological polar surface area (TPSA) is 55.8 Å². The molecule has 1 heterocycles. The van der Waals surface area contributed by atoms with Crippen LogP contribution in [-0.4, -0.2) is 17.7 Å². The molecule has 148 valence electrons. The summed E-state index contributed by atoms with van der Waals surface area (Å²) >= 11 is 4.40. The average molecular weight is 431 g/mol. The molecular weight excluding hydrogens is 415 g/mol. The van der Waals surface area contributed by atoms with Crippen LogP contribution in [0.15, 0.2) is 71.6 Å². The molecule has 3 aromatic rings. The van der Waals surface area contributed by atoms with Gasteiger partial charge in [-0.1, -0.05) is 35.9 Å². The minimum absolute atomic E-state index is 0.0982. The lowest BCUT2D eigenvalue weighted by Gasteiger charge is -2.36. The molecule has 5 nitrogen and oxygen atoms in total. The van der Waals surface area contributed by atoms with Crippen molar-refractivity contribution in [3.05, 3.63) is 83.1 Å². The number of carbonyl (C=O) groups is 1. The summed E-state index contributed by atoms with van der Waals surface area (Å²) in [5.74, 6) is 0.0114. The predicted molar refractivity (Wildman–Crippen MR) is 111 cm³/mol. The molecule has 1 unspecified atom stereocenters. The maximum atomic E-state index is 14.4. The number of hydrogen-bond donors (Lipinski definition) is 0. The molecule has 1 aliphatic rings. The zero-order valence-electron chi connectivity index (χ0n) is 15.3. The van der Waals surface area contributed by atoms with Crippen molar-refractivity contribution in [1.82, 2.24) is 0 Å². The van der Waals surface area contributed by atoms with Crippen molar-refractivity contribution in [2.24, 2.45) is 0 Å². The van der Waals surface area contributed by atoms with E-state index in [2.05, 4.69) is 0 Å². The number of nitrogens with zero attached hydrogens (tertiary/aromatic N) is 2. The van der Waals surface area contributed by atoms with Gasteiger partial charge in [0.1, 0.15) is 34.3 Å². The minimum Gasteiger partial charge on any atom is -0.587 e. The van der Waals surface area contributed by atoms with Gasteiger partial charge in [0, 0.05) is 16.7 Å². The second kappa shape index (κ2) is 7.94. The van der Waals surface area contributed by atoms with E-state index in [4.69, 9.17) is 16.3 Å². The van der Waals surface area contributed by atoms with Gasteiger partial charge in [-0.15, -0.1) is 4.31 Å². The van der Waals surface area contributed by atoms with Crippen LogP contribution in [0.25, 0.3) is 0 Å². The van der Waals surface area contributed by atoms with Gasteiger partial charge in [0.05, 0.1) is 13.7 Å². The first-order valence-corrected chi connectivity index (χ1v) is 10.2. The standard InChI is InChI=1S/C21H16ClFN2O3S/c1-28-15-7-4-6-14(12-15)25-21(26)24(13-16-17(22)8-5-9-18(16)23)19-10-2-3-11-20(19)29(25)27/h2-12H,13H2,1H3. The lowest BCUT2D eigenvalue weighted by molar-refractivity contribution is 0.253. The van der Waals surface area contributed by atoms with Crippen LogP contribution in [0.1, 0.15) is 5.56 Å². The number of benzene rings is 3. The molecule has 0 N–H and O–H groups in total. The second-order valence-electron chi connectivity index (χ2n) is 6.28. The van der Waals surface area contributed by atoms with Crippen LogP contribution >= 0.6 is 11.6 Å². The number of hydrogen-bond acceptors (Lipinski definition) is 3. The molecule has 0 spiro atoms. The number of anilines is 2. The quantitative estimate of drug-likeness (QED) is 0.537. The van der Waals surface area contributed by atoms with Gasteiger partial charge in [-0.25, -0.2) is 9.18 Å². The highest BCUT2D eigenvalue weighted by Gasteiger charge is 2.43. The monoisotopic (exact) mass is 430 g/mol. The number of carbonyl (C=O) groups excluding carboxylic acids is 1. The minimum atomic E-state index is -1.77. The van der Waals surface area contributed by atoms with E-state index in [9.17, 15) is 13.7 Å². The lowest BCUT2D eigenvalue weighted by atomic mass is 10.2. The first-order chi connectivity index (χ1) is 14.0. The Labute approximate surface area is 175 Å². The highest BCUT2D eigenvalue weighted by atomic mass is 35.5. The van der Waals surface area contributed by atoms with Crippen LogP contribution in [0.4, 0.5) is 20.6 Å². The van der Waals surface area contributed by atoms with Crippen molar-refractivity contribution in [3.8, 4) is 5.75 Å². The average Bonchev–Trinajstić information content (AvgIpc) is 2.73. The van der Waals surface area contributed by atoms with Crippen molar-refractivity contribution in [2.75, 3.05) is 16.3 Å². The molecule has 0 radical (unpaired) electrons. The van der Waals surface area contributed by atoms with Gasteiger partial charge >= 0.3 is 6.03 Å². The van der Waals surface area contributed by atoms with Gasteiger partial charge in [-0.05, 0) is 36.4 Å². The predicted octanol–water partition coefficient (Wildman–Crippen LogP) is 5.16. The third-order valence-electron chi connectivity index (χ3n) is 4.58. The van der Waals surface area contributed by atoms with Gasteiger partial charge in [0.15, 0.2) is 0 Å². The van der Waals surface area contributed by atoms with Crippen molar-refractivity contribution in [2.45, 2.75) is 11.4 Å². The molecule has 1 atom stereocenters. The number of urea groups is 1. The van der Waals surface area contributed by atoms with Crippen LogP contribution in [0.3, 0.4) is 0 Å². The summed E-state index contributed by atoms with van der Waals surface area (Å²) < 4.78 is 34.0. The van der Waals surface area contributed by atoms with E-state index >= 15 is 0 Å². The van der Waals surface area contributed by atoms with E-state index in [0.717, 1.165) is 0 Å². The van der Waals surface area contributed by atoms with Gasteiger partial charge in [-0.2, -0.15) is 0 Å². The Morgan fingerprint density at radius 1 is 1.10 bits per heavy atom. The van der Waals surface area contributed by atoms with Gasteiger partial charge in [-0.3, -0.25) is 4.90 Å². The second-order valence-corrected chi connectivity index (χ2v) is 7.99. The highest BCUT2D eigenvalue weighted by molar-refractivity contribution is 7.94.